The number of allylic oxidation sites excluding steroid dienone is 3. The van der Waals surface area contributed by atoms with Crippen molar-refractivity contribution in [3.8, 4) is 0 Å². The number of aliphatic hydroxyl groups excluding tert-OH is 6. The van der Waals surface area contributed by atoms with Crippen molar-refractivity contribution in [2.24, 2.45) is 85.8 Å². The van der Waals surface area contributed by atoms with Gasteiger partial charge in [-0.25, -0.2) is 0 Å². The monoisotopic (exact) mass is 1130 g/mol. The second-order valence-corrected chi connectivity index (χ2v) is 31.3. The number of carbonyl (C=O) groups is 1. The minimum atomic E-state index is -0.979. The Balaban J connectivity index is 0.000000115. The molecular formula is C67H102O14. The topological polar surface area (TPSA) is 228 Å². The fourth-order valence-electron chi connectivity index (χ4n) is 23.9. The summed E-state index contributed by atoms with van der Waals surface area (Å²) in [7, 11) is 0. The Hall–Kier alpha value is -1.63. The Morgan fingerprint density at radius 2 is 0.840 bits per heavy atom. The zero-order valence-electron chi connectivity index (χ0n) is 50.5. The highest BCUT2D eigenvalue weighted by Crippen LogP contribution is 2.78. The van der Waals surface area contributed by atoms with E-state index in [1.54, 1.807) is 6.92 Å². The third kappa shape index (κ3) is 7.72. The normalized spacial score (nSPS) is 56.4. The standard InChI is InChI=1S/C23H34O5.C23H36O5.C21H32O4/c1-20-7-6-14(24)10-13(20)4-5-15-16(20)11-18(25)21(2)17(12-19-23(15,21)28-19)22(3)26-8-9-27-22;1-20-8-6-15(24)12-14(20)4-5-16-17(20)13-19(25)21(2)18(7-9-23(16,21)26)22(3)27-10-11-28-22;1-12(22)15-7-9-21(25)16-5-4-13-10-14(23)6-8-19(13,2)17(16)11-18(24)20(15,21)3/h4,14-19,24-25H,5-12H2,1-3H3;4,15-19,24-26H,5-13H2,1-3H3;4,14-18,23-25H,5-11H2,1-3H3/t14-,15?,16?,17?,18+,19+,20-,21-,23+;15-,16?,17?,18?,19+,20-,21-,23-;14-,15?,16?,17?,18+,19-,20-,21-/m000/s1. The van der Waals surface area contributed by atoms with E-state index in [9.17, 15) is 45.6 Å². The lowest BCUT2D eigenvalue weighted by molar-refractivity contribution is -0.273. The summed E-state index contributed by atoms with van der Waals surface area (Å²) in [6.07, 6.45) is 20.9. The maximum absolute atomic E-state index is 12.2. The lowest BCUT2D eigenvalue weighted by Gasteiger charge is -2.63. The summed E-state index contributed by atoms with van der Waals surface area (Å²) in [5, 5.41) is 88.7. The predicted octanol–water partition coefficient (Wildman–Crippen LogP) is 8.17. The number of ketones is 1. The van der Waals surface area contributed by atoms with Gasteiger partial charge in [0.1, 0.15) is 11.4 Å². The van der Waals surface area contributed by atoms with Gasteiger partial charge in [-0.1, -0.05) is 76.5 Å². The lowest BCUT2D eigenvalue weighted by Crippen LogP contribution is -2.67. The Labute approximate surface area is 482 Å². The molecule has 3 heterocycles. The molecule has 0 amide bonds. The molecule has 81 heavy (non-hydrogen) atoms. The number of Topliss-reactive ketones (excluding diaryl/α,β-unsaturated/α-hetero) is 1. The molecule has 15 aliphatic rings. The van der Waals surface area contributed by atoms with E-state index in [2.05, 4.69) is 59.8 Å². The number of fused-ring (bicyclic) bond motifs is 13. The van der Waals surface area contributed by atoms with Crippen LogP contribution in [0, 0.1) is 85.8 Å². The molecular weight excluding hydrogens is 1030 g/mol. The molecule has 0 bridgehead atoms. The molecule has 0 aromatic heterocycles. The van der Waals surface area contributed by atoms with E-state index in [-0.39, 0.29) is 98.9 Å². The number of epoxide rings is 1. The van der Waals surface area contributed by atoms with Gasteiger partial charge in [-0.2, -0.15) is 0 Å². The van der Waals surface area contributed by atoms with Gasteiger partial charge in [0.2, 0.25) is 0 Å². The van der Waals surface area contributed by atoms with Gasteiger partial charge < -0.3 is 64.5 Å². The molecule has 0 aromatic rings. The second-order valence-electron chi connectivity index (χ2n) is 31.3. The van der Waals surface area contributed by atoms with Crippen molar-refractivity contribution in [3.05, 3.63) is 34.9 Å². The molecule has 14 heteroatoms. The average molecular weight is 1130 g/mol. The largest absolute Gasteiger partial charge is 0.393 e. The zero-order chi connectivity index (χ0) is 57.7. The summed E-state index contributed by atoms with van der Waals surface area (Å²) in [6.45, 7) is 21.3. The quantitative estimate of drug-likeness (QED) is 0.0986. The molecule has 454 valence electrons. The summed E-state index contributed by atoms with van der Waals surface area (Å²) < 4.78 is 30.7. The van der Waals surface area contributed by atoms with E-state index in [1.165, 1.54) is 16.7 Å². The van der Waals surface area contributed by atoms with Crippen LogP contribution in [0.2, 0.25) is 0 Å². The molecule has 8 N–H and O–H groups in total. The van der Waals surface area contributed by atoms with Crippen molar-refractivity contribution >= 4 is 5.78 Å². The van der Waals surface area contributed by atoms with E-state index in [4.69, 9.17) is 23.7 Å². The Bertz CT molecular complexity index is 2490. The molecule has 1 spiro atoms. The first-order valence-corrected chi connectivity index (χ1v) is 32.4. The fraction of sp³-hybridized carbons (Fsp3) is 0.896. The summed E-state index contributed by atoms with van der Waals surface area (Å²) in [5.41, 5.74) is 0.220. The molecule has 25 atom stereocenters. The Morgan fingerprint density at radius 3 is 1.30 bits per heavy atom. The molecule has 15 rings (SSSR count). The molecule has 9 saturated carbocycles. The SMILES string of the molecule is CC(=O)C1CC[C@]2(O)C3CC=C4C[C@@H](O)CC[C@]4(C)C3C[C@@H](O)[C@]12C.CC1(C2CC[C@]3(O)C4CC=C5C[C@@H](O)CC[C@]5(C)C4C[C@@H](O)[C@]23C)OCCO1.CC1(C2C[C@H]3O[C@]34C3CC=C5C[C@@H](O)CC[C@]5(C)C3C[C@@H](O)[C@]24C)OCCO1. The summed E-state index contributed by atoms with van der Waals surface area (Å²) >= 11 is 0. The van der Waals surface area contributed by atoms with Gasteiger partial charge in [-0.15, -0.1) is 0 Å². The Kier molecular flexibility index (Phi) is 13.8. The highest BCUT2D eigenvalue weighted by molar-refractivity contribution is 5.80. The maximum Gasteiger partial charge on any atom is 0.169 e. The van der Waals surface area contributed by atoms with Crippen LogP contribution in [0.25, 0.3) is 0 Å². The third-order valence-corrected chi connectivity index (χ3v) is 28.8. The van der Waals surface area contributed by atoms with Crippen molar-refractivity contribution in [3.63, 3.8) is 0 Å². The van der Waals surface area contributed by atoms with Crippen LogP contribution in [-0.4, -0.2) is 144 Å². The number of aliphatic hydroxyl groups is 8. The summed E-state index contributed by atoms with van der Waals surface area (Å²) in [6, 6.07) is 0. The van der Waals surface area contributed by atoms with Crippen molar-refractivity contribution in [2.75, 3.05) is 26.4 Å². The van der Waals surface area contributed by atoms with Gasteiger partial charge in [0.05, 0.1) is 80.4 Å². The van der Waals surface area contributed by atoms with Crippen molar-refractivity contribution in [1.29, 1.82) is 0 Å². The number of rotatable bonds is 3. The van der Waals surface area contributed by atoms with Crippen LogP contribution in [-0.2, 0) is 28.5 Å². The van der Waals surface area contributed by atoms with Gasteiger partial charge in [-0.3, -0.25) is 4.79 Å². The maximum atomic E-state index is 12.2. The smallest absolute Gasteiger partial charge is 0.169 e. The second kappa shape index (κ2) is 19.2. The molecule has 12 aliphatic carbocycles. The molecule has 0 radical (unpaired) electrons. The van der Waals surface area contributed by atoms with E-state index < -0.39 is 51.9 Å². The fourth-order valence-corrected chi connectivity index (χ4v) is 23.9. The van der Waals surface area contributed by atoms with Gasteiger partial charge in [-0.05, 0) is 201 Å². The highest BCUT2D eigenvalue weighted by atomic mass is 16.7. The molecule has 0 aromatic carbocycles. The number of hydrogen-bond donors (Lipinski definition) is 8. The van der Waals surface area contributed by atoms with Gasteiger partial charge in [0, 0.05) is 34.0 Å². The number of carbonyl (C=O) groups excluding carboxylic acids is 1. The van der Waals surface area contributed by atoms with Crippen molar-refractivity contribution in [2.45, 2.75) is 262 Å². The van der Waals surface area contributed by atoms with E-state index in [1.807, 2.05) is 13.8 Å². The van der Waals surface area contributed by atoms with Crippen LogP contribution in [0.15, 0.2) is 34.9 Å². The molecule has 14 nitrogen and oxygen atoms in total. The average Bonchev–Trinajstić information content (AvgIpc) is 2.71. The van der Waals surface area contributed by atoms with Gasteiger partial charge >= 0.3 is 0 Å². The minimum absolute atomic E-state index is 0.0187. The van der Waals surface area contributed by atoms with Crippen LogP contribution >= 0.6 is 0 Å². The molecule has 3 aliphatic heterocycles. The predicted molar refractivity (Wildman–Crippen MR) is 301 cm³/mol. The minimum Gasteiger partial charge on any atom is -0.393 e. The Morgan fingerprint density at radius 1 is 0.457 bits per heavy atom. The zero-order valence-corrected chi connectivity index (χ0v) is 50.5. The number of hydrogen-bond acceptors (Lipinski definition) is 14. The number of ether oxygens (including phenoxy) is 5. The van der Waals surface area contributed by atoms with Gasteiger partial charge in [0.25, 0.3) is 0 Å². The van der Waals surface area contributed by atoms with Crippen LogP contribution in [0.4, 0.5) is 0 Å². The van der Waals surface area contributed by atoms with Crippen LogP contribution in [0.5, 0.6) is 0 Å². The molecule has 12 fully saturated rings. The van der Waals surface area contributed by atoms with E-state index in [0.717, 1.165) is 96.3 Å². The first-order valence-electron chi connectivity index (χ1n) is 32.4. The molecule has 9 unspecified atom stereocenters. The lowest BCUT2D eigenvalue weighted by atomic mass is 9.44. The first kappa shape index (κ1) is 58.4. The van der Waals surface area contributed by atoms with Crippen molar-refractivity contribution in [1.82, 2.24) is 0 Å². The van der Waals surface area contributed by atoms with Crippen LogP contribution in [0.3, 0.4) is 0 Å². The highest BCUT2D eigenvalue weighted by Gasteiger charge is 2.85. The third-order valence-electron chi connectivity index (χ3n) is 28.8. The van der Waals surface area contributed by atoms with Crippen molar-refractivity contribution < 1.29 is 69.3 Å². The summed E-state index contributed by atoms with van der Waals surface area (Å²) in [4.78, 5) is 12.2. The van der Waals surface area contributed by atoms with E-state index in [0.29, 0.717) is 70.4 Å². The summed E-state index contributed by atoms with van der Waals surface area (Å²) in [5.74, 6) is 0.212. The van der Waals surface area contributed by atoms with Crippen LogP contribution in [0.1, 0.15) is 191 Å². The first-order chi connectivity index (χ1) is 38.0. The van der Waals surface area contributed by atoms with Gasteiger partial charge in [0.15, 0.2) is 11.6 Å². The van der Waals surface area contributed by atoms with Crippen LogP contribution < -0.4 is 0 Å². The van der Waals surface area contributed by atoms with E-state index >= 15 is 0 Å². The molecule has 3 saturated heterocycles.